The molecule has 1 aliphatic heterocycles. The Morgan fingerprint density at radius 1 is 1.00 bits per heavy atom. The van der Waals surface area contributed by atoms with E-state index < -0.39 is 6.04 Å². The van der Waals surface area contributed by atoms with Gasteiger partial charge in [0.1, 0.15) is 11.9 Å². The third-order valence-electron chi connectivity index (χ3n) is 6.75. The van der Waals surface area contributed by atoms with Crippen LogP contribution < -0.4 is 9.50 Å². The van der Waals surface area contributed by atoms with E-state index in [2.05, 4.69) is 17.1 Å². The summed E-state index contributed by atoms with van der Waals surface area (Å²) >= 11 is 1.27. The second kappa shape index (κ2) is 13.3. The third kappa shape index (κ3) is 7.37. The summed E-state index contributed by atoms with van der Waals surface area (Å²) in [6.07, 6.45) is 3.37. The van der Waals surface area contributed by atoms with Gasteiger partial charge in [0, 0.05) is 24.1 Å². The average Bonchev–Trinajstić information content (AvgIpc) is 2.93. The molecule has 1 fully saturated rings. The Kier molecular flexibility index (Phi) is 9.63. The number of para-hydroxylation sites is 1. The minimum Gasteiger partial charge on any atom is -0.459 e. The Hall–Kier alpha value is -3.29. The number of esters is 1. The molecular formula is C30H34N2O4S. The normalized spacial score (nSPS) is 18.5. The van der Waals surface area contributed by atoms with Gasteiger partial charge in [-0.2, -0.15) is 0 Å². The largest absolute Gasteiger partial charge is 0.459 e. The second-order valence-electron chi connectivity index (χ2n) is 9.22. The molecule has 1 unspecified atom stereocenters. The lowest BCUT2D eigenvalue weighted by molar-refractivity contribution is -0.156. The van der Waals surface area contributed by atoms with Gasteiger partial charge in [0.2, 0.25) is 0 Å². The Morgan fingerprint density at radius 2 is 1.68 bits per heavy atom. The number of Topliss-reactive ketones (excluding diaryl/α,β-unsaturated/α-hetero) is 1. The highest BCUT2D eigenvalue weighted by Gasteiger charge is 2.34. The van der Waals surface area contributed by atoms with Crippen molar-refractivity contribution in [1.82, 2.24) is 4.90 Å². The molecule has 0 radical (unpaired) electrons. The van der Waals surface area contributed by atoms with E-state index in [1.54, 1.807) is 24.3 Å². The minimum atomic E-state index is -0.625. The van der Waals surface area contributed by atoms with Crippen LogP contribution in [0.5, 0.6) is 5.75 Å². The minimum absolute atomic E-state index is 0.0450. The molecule has 1 N–H and O–H groups in total. The summed E-state index contributed by atoms with van der Waals surface area (Å²) in [5, 5.41) is 3.34. The Balaban J connectivity index is 1.43. The van der Waals surface area contributed by atoms with Crippen molar-refractivity contribution in [2.24, 2.45) is 5.92 Å². The number of hydrogen-bond donors (Lipinski definition) is 1. The number of ether oxygens (including phenoxy) is 1. The van der Waals surface area contributed by atoms with Crippen molar-refractivity contribution in [2.45, 2.75) is 31.9 Å². The van der Waals surface area contributed by atoms with Crippen molar-refractivity contribution < 1.29 is 18.5 Å². The summed E-state index contributed by atoms with van der Waals surface area (Å²) in [7, 11) is 0. The molecule has 0 amide bonds. The molecule has 194 valence electrons. The molecule has 37 heavy (non-hydrogen) atoms. The highest BCUT2D eigenvalue weighted by Crippen LogP contribution is 2.28. The molecule has 3 atom stereocenters. The zero-order valence-corrected chi connectivity index (χ0v) is 22.2. The third-order valence-corrected chi connectivity index (χ3v) is 7.11. The van der Waals surface area contributed by atoms with E-state index in [1.807, 2.05) is 66.9 Å². The number of nitrogens with one attached hydrogen (secondary N) is 1. The number of carbonyl (C=O) groups is 2. The maximum Gasteiger partial charge on any atom is 0.333 e. The predicted molar refractivity (Wildman–Crippen MR) is 149 cm³/mol. The molecule has 1 heterocycles. The van der Waals surface area contributed by atoms with Gasteiger partial charge in [0.15, 0.2) is 11.8 Å². The molecule has 0 aliphatic carbocycles. The zero-order valence-electron chi connectivity index (χ0n) is 21.3. The maximum atomic E-state index is 13.5. The van der Waals surface area contributed by atoms with Crippen LogP contribution >= 0.6 is 12.0 Å². The monoisotopic (exact) mass is 518 g/mol. The molecule has 1 saturated heterocycles. The molecule has 4 rings (SSSR count). The number of piperidine rings is 1. The Labute approximate surface area is 223 Å². The first-order valence-corrected chi connectivity index (χ1v) is 13.9. The number of benzene rings is 3. The van der Waals surface area contributed by atoms with Crippen LogP contribution in [-0.4, -0.2) is 48.6 Å². The molecule has 0 saturated carbocycles. The van der Waals surface area contributed by atoms with E-state index in [9.17, 15) is 9.59 Å². The highest BCUT2D eigenvalue weighted by molar-refractivity contribution is 7.94. The van der Waals surface area contributed by atoms with Gasteiger partial charge >= 0.3 is 5.97 Å². The van der Waals surface area contributed by atoms with Crippen molar-refractivity contribution in [2.75, 3.05) is 31.2 Å². The molecule has 0 spiro atoms. The maximum absolute atomic E-state index is 13.5. The lowest BCUT2D eigenvalue weighted by Gasteiger charge is -2.38. The van der Waals surface area contributed by atoms with Gasteiger partial charge in [0.05, 0.1) is 18.6 Å². The van der Waals surface area contributed by atoms with Gasteiger partial charge in [0.25, 0.3) is 0 Å². The first kappa shape index (κ1) is 26.8. The first-order chi connectivity index (χ1) is 18.1. The number of ketones is 1. The Bertz CT molecular complexity index is 1140. The predicted octanol–water partition coefficient (Wildman–Crippen LogP) is 6.02. The van der Waals surface area contributed by atoms with Crippen molar-refractivity contribution in [3.05, 3.63) is 96.1 Å². The van der Waals surface area contributed by atoms with Crippen molar-refractivity contribution in [1.29, 1.82) is 0 Å². The summed E-state index contributed by atoms with van der Waals surface area (Å²) in [6, 6.07) is 25.9. The van der Waals surface area contributed by atoms with E-state index in [1.165, 1.54) is 12.0 Å². The molecule has 0 bridgehead atoms. The molecule has 7 heteroatoms. The van der Waals surface area contributed by atoms with E-state index in [-0.39, 0.29) is 30.3 Å². The molecule has 3 aromatic rings. The molecule has 0 aromatic heterocycles. The van der Waals surface area contributed by atoms with Crippen LogP contribution in [0, 0.1) is 5.92 Å². The van der Waals surface area contributed by atoms with Gasteiger partial charge in [-0.25, -0.2) is 4.79 Å². The zero-order chi connectivity index (χ0) is 26.0. The second-order valence-corrected chi connectivity index (χ2v) is 9.72. The van der Waals surface area contributed by atoms with Crippen LogP contribution in [0.1, 0.15) is 41.7 Å². The van der Waals surface area contributed by atoms with Gasteiger partial charge in [-0.3, -0.25) is 9.69 Å². The number of nitrogens with zero attached hydrogens (tertiary/aromatic N) is 1. The summed E-state index contributed by atoms with van der Waals surface area (Å²) < 4.78 is 11.6. The highest BCUT2D eigenvalue weighted by atomic mass is 32.2. The molecular weight excluding hydrogens is 484 g/mol. The van der Waals surface area contributed by atoms with Crippen LogP contribution in [-0.2, 0) is 9.53 Å². The van der Waals surface area contributed by atoms with Gasteiger partial charge < -0.3 is 14.2 Å². The average molecular weight is 519 g/mol. The van der Waals surface area contributed by atoms with Crippen LogP contribution in [0.25, 0.3) is 0 Å². The van der Waals surface area contributed by atoms with Crippen molar-refractivity contribution >= 4 is 29.5 Å². The number of hydrogen-bond acceptors (Lipinski definition) is 7. The van der Waals surface area contributed by atoms with Crippen LogP contribution in [0.15, 0.2) is 84.9 Å². The van der Waals surface area contributed by atoms with Crippen LogP contribution in [0.2, 0.25) is 0 Å². The van der Waals surface area contributed by atoms with E-state index in [0.717, 1.165) is 36.4 Å². The lowest BCUT2D eigenvalue weighted by atomic mass is 9.91. The fourth-order valence-electron chi connectivity index (χ4n) is 4.70. The fraction of sp³-hybridized carbons (Fsp3) is 0.333. The summed E-state index contributed by atoms with van der Waals surface area (Å²) in [5.41, 5.74) is 2.35. The number of anilines is 1. The smallest absolute Gasteiger partial charge is 0.333 e. The molecule has 1 aliphatic rings. The molecule has 6 nitrogen and oxygen atoms in total. The standard InChI is InChI=1S/C30H34N2O4S/c1-3-22-18-19-32(20-27(33)23-14-16-26(17-15-23)36-37-2)21-28(22)35-30(34)29(24-10-6-4-7-11-24)31-25-12-8-5-9-13-25/h4-17,22,28-29,31H,3,18-21H2,1-2H3/t22?,28-,29+/m0/s1. The number of rotatable bonds is 11. The quantitative estimate of drug-likeness (QED) is 0.189. The SMILES string of the molecule is CCC1CCN(CC(=O)c2ccc(OSC)cc2)C[C@@H]1OC(=O)[C@H](Nc1ccccc1)c1ccccc1. The Morgan fingerprint density at radius 3 is 2.32 bits per heavy atom. The van der Waals surface area contributed by atoms with E-state index in [0.29, 0.717) is 12.1 Å². The van der Waals surface area contributed by atoms with Crippen molar-refractivity contribution in [3.63, 3.8) is 0 Å². The summed E-state index contributed by atoms with van der Waals surface area (Å²) in [5.74, 6) is 0.711. The number of carbonyl (C=O) groups excluding carboxylic acids is 2. The van der Waals surface area contributed by atoms with Gasteiger partial charge in [-0.05, 0) is 67.3 Å². The van der Waals surface area contributed by atoms with Crippen molar-refractivity contribution in [3.8, 4) is 5.75 Å². The topological polar surface area (TPSA) is 67.9 Å². The van der Waals surface area contributed by atoms with Gasteiger partial charge in [-0.1, -0.05) is 55.5 Å². The fourth-order valence-corrected chi connectivity index (χ4v) is 5.01. The van der Waals surface area contributed by atoms with Gasteiger partial charge in [-0.15, -0.1) is 0 Å². The van der Waals surface area contributed by atoms with Crippen LogP contribution in [0.4, 0.5) is 5.69 Å². The van der Waals surface area contributed by atoms with E-state index >= 15 is 0 Å². The summed E-state index contributed by atoms with van der Waals surface area (Å²) in [6.45, 7) is 3.76. The molecule has 3 aromatic carbocycles. The van der Waals surface area contributed by atoms with E-state index in [4.69, 9.17) is 8.92 Å². The number of likely N-dealkylation sites (tertiary alicyclic amines) is 1. The lowest BCUT2D eigenvalue weighted by Crippen LogP contribution is -2.48. The first-order valence-electron chi connectivity index (χ1n) is 12.7. The van der Waals surface area contributed by atoms with Crippen LogP contribution in [0.3, 0.4) is 0 Å². The summed E-state index contributed by atoms with van der Waals surface area (Å²) in [4.78, 5) is 28.6.